The molecule has 0 fully saturated rings. The first kappa shape index (κ1) is 20.3. The van der Waals surface area contributed by atoms with Gasteiger partial charge in [0.1, 0.15) is 16.0 Å². The van der Waals surface area contributed by atoms with Gasteiger partial charge in [-0.05, 0) is 27.7 Å². The quantitative estimate of drug-likeness (QED) is 0.338. The van der Waals surface area contributed by atoms with Gasteiger partial charge in [0, 0.05) is 5.56 Å². The third-order valence-corrected chi connectivity index (χ3v) is 4.20. The van der Waals surface area contributed by atoms with Crippen LogP contribution in [0.4, 0.5) is 5.69 Å². The van der Waals surface area contributed by atoms with Crippen LogP contribution in [0.1, 0.15) is 69.1 Å². The molecule has 10 nitrogen and oxygen atoms in total. The molecule has 0 heterocycles. The zero-order valence-electron chi connectivity index (χ0n) is 13.6. The van der Waals surface area contributed by atoms with Gasteiger partial charge in [0.2, 0.25) is 0 Å². The normalized spacial score (nSPS) is 11.1. The van der Waals surface area contributed by atoms with Crippen LogP contribution in [0.5, 0.6) is 0 Å². The van der Waals surface area contributed by atoms with E-state index < -0.39 is 71.0 Å². The number of benzene rings is 1. The minimum Gasteiger partial charge on any atom is -0.294 e. The molecule has 1 N–H and O–H groups in total. The molecule has 0 unspecified atom stereocenters. The number of nitro groups is 1. The number of nitrogens with zero attached hydrogens (tertiary/aromatic N) is 1. The second-order valence-electron chi connectivity index (χ2n) is 5.13. The minimum atomic E-state index is -5.32. The monoisotopic (exact) mass is 371 g/mol. The van der Waals surface area contributed by atoms with Gasteiger partial charge < -0.3 is 0 Å². The van der Waals surface area contributed by atoms with Gasteiger partial charge in [-0.3, -0.25) is 33.8 Å². The molecule has 11 heteroatoms. The molecule has 1 aromatic carbocycles. The van der Waals surface area contributed by atoms with E-state index in [0.29, 0.717) is 0 Å². The summed E-state index contributed by atoms with van der Waals surface area (Å²) in [5, 5.41) is 11.4. The predicted molar refractivity (Wildman–Crippen MR) is 82.9 cm³/mol. The molecule has 0 amide bonds. The maximum atomic E-state index is 11.9. The summed E-state index contributed by atoms with van der Waals surface area (Å²) in [5.41, 5.74) is -5.00. The highest BCUT2D eigenvalue weighted by molar-refractivity contribution is 7.86. The molecule has 0 aliphatic rings. The van der Waals surface area contributed by atoms with Crippen molar-refractivity contribution in [2.75, 3.05) is 0 Å². The van der Waals surface area contributed by atoms with Crippen LogP contribution in [-0.2, 0) is 10.1 Å². The van der Waals surface area contributed by atoms with Crippen LogP contribution < -0.4 is 0 Å². The van der Waals surface area contributed by atoms with Gasteiger partial charge in [-0.1, -0.05) is 0 Å². The molecule has 1 aromatic rings. The Kier molecular flexibility index (Phi) is 5.35. The molecule has 134 valence electrons. The summed E-state index contributed by atoms with van der Waals surface area (Å²) in [7, 11) is -5.32. The van der Waals surface area contributed by atoms with E-state index in [1.807, 2.05) is 0 Å². The first-order valence-corrected chi connectivity index (χ1v) is 8.07. The maximum Gasteiger partial charge on any atom is 0.296 e. The zero-order valence-corrected chi connectivity index (χ0v) is 14.4. The lowest BCUT2D eigenvalue weighted by molar-refractivity contribution is -0.385. The number of Topliss-reactive ketones (excluding diaryl/α,β-unsaturated/α-hetero) is 4. The first-order chi connectivity index (χ1) is 11.2. The Labute approximate surface area is 141 Å². The molecule has 0 spiro atoms. The smallest absolute Gasteiger partial charge is 0.294 e. The molecule has 0 saturated heterocycles. The topological polar surface area (TPSA) is 166 Å². The summed E-state index contributed by atoms with van der Waals surface area (Å²) < 4.78 is 32.9. The van der Waals surface area contributed by atoms with Crippen LogP contribution in [0.15, 0.2) is 4.90 Å². The van der Waals surface area contributed by atoms with E-state index >= 15 is 0 Å². The average Bonchev–Trinajstić information content (AvgIpc) is 2.41. The summed E-state index contributed by atoms with van der Waals surface area (Å²) in [6.45, 7) is 3.31. The first-order valence-electron chi connectivity index (χ1n) is 6.63. The lowest BCUT2D eigenvalue weighted by atomic mass is 9.88. The predicted octanol–water partition coefficient (Wildman–Crippen LogP) is 1.65. The number of nitro benzene ring substituents is 1. The molecule has 0 aliphatic heterocycles. The van der Waals surface area contributed by atoms with Gasteiger partial charge in [0.05, 0.1) is 10.5 Å². The second kappa shape index (κ2) is 6.61. The Balaban J connectivity index is 4.65. The Morgan fingerprint density at radius 2 is 1.16 bits per heavy atom. The Hall–Kier alpha value is -2.79. The highest BCUT2D eigenvalue weighted by Crippen LogP contribution is 2.38. The molecule has 0 bridgehead atoms. The standard InChI is InChI=1S/C14H13NO9S/c1-5(16)9-10(6(2)17)13(15(20)21)12(8(4)19)14(25(22,23)24)11(9)7(3)18/h1-4H3,(H,22,23,24). The average molecular weight is 371 g/mol. The second-order valence-corrected chi connectivity index (χ2v) is 6.49. The van der Waals surface area contributed by atoms with Crippen molar-refractivity contribution >= 4 is 38.9 Å². The fraction of sp³-hybridized carbons (Fsp3) is 0.286. The maximum absolute atomic E-state index is 11.9. The van der Waals surface area contributed by atoms with E-state index in [1.165, 1.54) is 0 Å². The number of hydrogen-bond acceptors (Lipinski definition) is 8. The molecule has 0 aliphatic carbocycles. The molecule has 0 aromatic heterocycles. The van der Waals surface area contributed by atoms with E-state index in [-0.39, 0.29) is 0 Å². The summed E-state index contributed by atoms with van der Waals surface area (Å²) in [6, 6.07) is 0. The van der Waals surface area contributed by atoms with Crippen molar-refractivity contribution in [3.05, 3.63) is 32.4 Å². The number of carbonyl (C=O) groups is 4. The molecule has 0 radical (unpaired) electrons. The summed E-state index contributed by atoms with van der Waals surface area (Å²) in [5.74, 6) is -4.29. The molecular weight excluding hydrogens is 358 g/mol. The Morgan fingerprint density at radius 1 is 0.800 bits per heavy atom. The van der Waals surface area contributed by atoms with Crippen molar-refractivity contribution in [3.8, 4) is 0 Å². The zero-order chi connectivity index (χ0) is 19.9. The van der Waals surface area contributed by atoms with E-state index in [1.54, 1.807) is 0 Å². The van der Waals surface area contributed by atoms with Crippen molar-refractivity contribution in [3.63, 3.8) is 0 Å². The third-order valence-electron chi connectivity index (χ3n) is 3.28. The highest BCUT2D eigenvalue weighted by atomic mass is 32.2. The van der Waals surface area contributed by atoms with Crippen molar-refractivity contribution in [2.24, 2.45) is 0 Å². The highest BCUT2D eigenvalue weighted by Gasteiger charge is 2.41. The van der Waals surface area contributed by atoms with E-state index in [0.717, 1.165) is 27.7 Å². The van der Waals surface area contributed by atoms with Crippen molar-refractivity contribution in [2.45, 2.75) is 32.6 Å². The lowest BCUT2D eigenvalue weighted by Gasteiger charge is -2.16. The Bertz CT molecular complexity index is 904. The van der Waals surface area contributed by atoms with Gasteiger partial charge in [-0.2, -0.15) is 8.42 Å². The van der Waals surface area contributed by atoms with Crippen molar-refractivity contribution in [1.29, 1.82) is 0 Å². The minimum absolute atomic E-state index is 0.762. The van der Waals surface area contributed by atoms with Crippen LogP contribution in [-0.4, -0.2) is 41.0 Å². The van der Waals surface area contributed by atoms with Crippen LogP contribution in [0.25, 0.3) is 0 Å². The van der Waals surface area contributed by atoms with E-state index in [2.05, 4.69) is 0 Å². The van der Waals surface area contributed by atoms with Gasteiger partial charge in [-0.15, -0.1) is 0 Å². The largest absolute Gasteiger partial charge is 0.296 e. The molecule has 25 heavy (non-hydrogen) atoms. The fourth-order valence-electron chi connectivity index (χ4n) is 2.51. The van der Waals surface area contributed by atoms with Crippen LogP contribution in [0.2, 0.25) is 0 Å². The fourth-order valence-corrected chi connectivity index (χ4v) is 3.51. The summed E-state index contributed by atoms with van der Waals surface area (Å²) >= 11 is 0. The van der Waals surface area contributed by atoms with Gasteiger partial charge >= 0.3 is 0 Å². The van der Waals surface area contributed by atoms with E-state index in [9.17, 15) is 42.3 Å². The van der Waals surface area contributed by atoms with Gasteiger partial charge in [0.25, 0.3) is 15.8 Å². The molecule has 1 rings (SSSR count). The Morgan fingerprint density at radius 3 is 1.40 bits per heavy atom. The van der Waals surface area contributed by atoms with Crippen LogP contribution >= 0.6 is 0 Å². The molecular formula is C14H13NO9S. The van der Waals surface area contributed by atoms with Crippen LogP contribution in [0.3, 0.4) is 0 Å². The lowest BCUT2D eigenvalue weighted by Crippen LogP contribution is -2.22. The number of rotatable bonds is 6. The van der Waals surface area contributed by atoms with E-state index in [4.69, 9.17) is 0 Å². The third kappa shape index (κ3) is 3.51. The van der Waals surface area contributed by atoms with Gasteiger partial charge in [-0.25, -0.2) is 0 Å². The molecule has 0 saturated carbocycles. The molecule has 0 atom stereocenters. The summed E-state index contributed by atoms with van der Waals surface area (Å²) in [4.78, 5) is 56.5. The van der Waals surface area contributed by atoms with Crippen molar-refractivity contribution < 1.29 is 37.1 Å². The number of hydrogen-bond donors (Lipinski definition) is 1. The van der Waals surface area contributed by atoms with Crippen molar-refractivity contribution in [1.82, 2.24) is 0 Å². The van der Waals surface area contributed by atoms with Gasteiger partial charge in [0.15, 0.2) is 23.1 Å². The number of ketones is 4. The number of carbonyl (C=O) groups excluding carboxylic acids is 4. The SMILES string of the molecule is CC(=O)c1c(C(C)=O)c([N+](=O)[O-])c(C(C)=O)c(S(=O)(=O)O)c1C(C)=O. The van der Waals surface area contributed by atoms with Crippen LogP contribution in [0, 0.1) is 10.1 Å². The summed E-state index contributed by atoms with van der Waals surface area (Å²) in [6.07, 6.45) is 0.